The monoisotopic (exact) mass is 251 g/mol. The molecule has 18 heavy (non-hydrogen) atoms. The lowest BCUT2D eigenvalue weighted by molar-refractivity contribution is -0.122. The van der Waals surface area contributed by atoms with Crippen LogP contribution in [0.5, 0.6) is 0 Å². The summed E-state index contributed by atoms with van der Waals surface area (Å²) in [5.74, 6) is 0.841. The summed E-state index contributed by atoms with van der Waals surface area (Å²) in [7, 11) is 1.97. The molecule has 5 nitrogen and oxygen atoms in total. The lowest BCUT2D eigenvalue weighted by atomic mass is 10.2. The van der Waals surface area contributed by atoms with Crippen molar-refractivity contribution in [3.63, 3.8) is 0 Å². The molecule has 2 unspecified atom stereocenters. The highest BCUT2D eigenvalue weighted by Gasteiger charge is 2.23. The number of rotatable bonds is 5. The maximum Gasteiger partial charge on any atom is 0.234 e. The molecular weight excluding hydrogens is 230 g/mol. The first-order chi connectivity index (χ1) is 8.69. The Labute approximate surface area is 108 Å². The molecule has 0 radical (unpaired) electrons. The van der Waals surface area contributed by atoms with Crippen LogP contribution in [0.15, 0.2) is 22.8 Å². The zero-order valence-corrected chi connectivity index (χ0v) is 11.0. The van der Waals surface area contributed by atoms with Crippen molar-refractivity contribution in [1.82, 2.24) is 15.5 Å². The third-order valence-corrected chi connectivity index (χ3v) is 3.40. The largest absolute Gasteiger partial charge is 0.467 e. The quantitative estimate of drug-likeness (QED) is 0.811. The van der Waals surface area contributed by atoms with Crippen LogP contribution in [-0.2, 0) is 4.79 Å². The Kier molecular flexibility index (Phi) is 4.38. The minimum atomic E-state index is -0.0739. The lowest BCUT2D eigenvalue weighted by Gasteiger charge is -2.17. The van der Waals surface area contributed by atoms with E-state index >= 15 is 0 Å². The van der Waals surface area contributed by atoms with Gasteiger partial charge in [-0.15, -0.1) is 0 Å². The highest BCUT2D eigenvalue weighted by Crippen LogP contribution is 2.12. The van der Waals surface area contributed by atoms with Crippen LogP contribution in [0.2, 0.25) is 0 Å². The highest BCUT2D eigenvalue weighted by molar-refractivity contribution is 5.78. The predicted molar refractivity (Wildman–Crippen MR) is 69.2 cm³/mol. The minimum Gasteiger partial charge on any atom is -0.467 e. The Bertz CT molecular complexity index is 378. The first-order valence-corrected chi connectivity index (χ1v) is 6.41. The van der Waals surface area contributed by atoms with Crippen molar-refractivity contribution >= 4 is 5.91 Å². The maximum absolute atomic E-state index is 11.9. The summed E-state index contributed by atoms with van der Waals surface area (Å²) in [6, 6.07) is 4.14. The maximum atomic E-state index is 11.9. The van der Waals surface area contributed by atoms with Crippen LogP contribution in [0.4, 0.5) is 0 Å². The van der Waals surface area contributed by atoms with E-state index in [-0.39, 0.29) is 11.9 Å². The van der Waals surface area contributed by atoms with Crippen LogP contribution in [-0.4, -0.2) is 43.5 Å². The van der Waals surface area contributed by atoms with E-state index in [1.807, 2.05) is 26.1 Å². The van der Waals surface area contributed by atoms with Gasteiger partial charge in [-0.3, -0.25) is 9.69 Å². The molecule has 1 aliphatic rings. The van der Waals surface area contributed by atoms with Crippen molar-refractivity contribution in [3.05, 3.63) is 24.2 Å². The molecule has 2 N–H and O–H groups in total. The summed E-state index contributed by atoms with van der Waals surface area (Å²) in [6.07, 6.45) is 2.73. The van der Waals surface area contributed by atoms with Crippen LogP contribution in [0.25, 0.3) is 0 Å². The highest BCUT2D eigenvalue weighted by atomic mass is 16.3. The van der Waals surface area contributed by atoms with Gasteiger partial charge in [-0.05, 0) is 32.5 Å². The fraction of sp³-hybridized carbons (Fsp3) is 0.615. The summed E-state index contributed by atoms with van der Waals surface area (Å²) in [5, 5.41) is 6.19. The normalized spacial score (nSPS) is 22.0. The van der Waals surface area contributed by atoms with Gasteiger partial charge in [0.1, 0.15) is 5.76 Å². The summed E-state index contributed by atoms with van der Waals surface area (Å²) in [6.45, 7) is 4.31. The van der Waals surface area contributed by atoms with Crippen molar-refractivity contribution in [2.45, 2.75) is 25.4 Å². The van der Waals surface area contributed by atoms with Crippen molar-refractivity contribution in [2.24, 2.45) is 0 Å². The van der Waals surface area contributed by atoms with Gasteiger partial charge < -0.3 is 15.1 Å². The molecular formula is C13H21N3O2. The molecule has 1 aromatic rings. The molecule has 1 aromatic heterocycles. The van der Waals surface area contributed by atoms with Crippen LogP contribution >= 0.6 is 0 Å². The molecule has 5 heteroatoms. The predicted octanol–water partition coefficient (Wildman–Crippen LogP) is 0.750. The number of hydrogen-bond acceptors (Lipinski definition) is 4. The average molecular weight is 251 g/mol. The summed E-state index contributed by atoms with van der Waals surface area (Å²) >= 11 is 0. The average Bonchev–Trinajstić information content (AvgIpc) is 2.98. The van der Waals surface area contributed by atoms with E-state index in [1.54, 1.807) is 6.26 Å². The van der Waals surface area contributed by atoms with Gasteiger partial charge in [0.25, 0.3) is 0 Å². The van der Waals surface area contributed by atoms with Gasteiger partial charge in [0.15, 0.2) is 0 Å². The number of hydrogen-bond donors (Lipinski definition) is 2. The van der Waals surface area contributed by atoms with Gasteiger partial charge in [0.05, 0.1) is 18.8 Å². The van der Waals surface area contributed by atoms with Crippen LogP contribution in [0.1, 0.15) is 25.1 Å². The zero-order chi connectivity index (χ0) is 13.0. The lowest BCUT2D eigenvalue weighted by Crippen LogP contribution is -2.38. The third kappa shape index (κ3) is 3.34. The van der Waals surface area contributed by atoms with Gasteiger partial charge in [0.2, 0.25) is 5.91 Å². The van der Waals surface area contributed by atoms with Crippen LogP contribution in [0.3, 0.4) is 0 Å². The zero-order valence-electron chi connectivity index (χ0n) is 11.0. The van der Waals surface area contributed by atoms with E-state index in [2.05, 4.69) is 15.5 Å². The van der Waals surface area contributed by atoms with Crippen molar-refractivity contribution in [3.8, 4) is 0 Å². The summed E-state index contributed by atoms with van der Waals surface area (Å²) in [5.41, 5.74) is 0. The number of carbonyl (C=O) groups is 1. The number of likely N-dealkylation sites (tertiary alicyclic amines) is 1. The van der Waals surface area contributed by atoms with Crippen LogP contribution < -0.4 is 10.6 Å². The van der Waals surface area contributed by atoms with Gasteiger partial charge in [-0.1, -0.05) is 0 Å². The summed E-state index contributed by atoms with van der Waals surface area (Å²) < 4.78 is 5.26. The molecule has 0 aliphatic carbocycles. The second kappa shape index (κ2) is 6.02. The Balaban J connectivity index is 1.75. The van der Waals surface area contributed by atoms with E-state index in [4.69, 9.17) is 4.42 Å². The number of nitrogens with one attached hydrogen (secondary N) is 2. The first kappa shape index (κ1) is 13.1. The number of likely N-dealkylation sites (N-methyl/N-ethyl adjacent to an activating group) is 1. The fourth-order valence-electron chi connectivity index (χ4n) is 2.31. The van der Waals surface area contributed by atoms with Gasteiger partial charge in [0, 0.05) is 19.1 Å². The molecule has 0 bridgehead atoms. The van der Waals surface area contributed by atoms with Crippen molar-refractivity contribution < 1.29 is 9.21 Å². The second-order valence-corrected chi connectivity index (χ2v) is 4.81. The Hall–Kier alpha value is -1.33. The number of carbonyl (C=O) groups excluding carboxylic acids is 1. The molecule has 2 atom stereocenters. The summed E-state index contributed by atoms with van der Waals surface area (Å²) in [4.78, 5) is 14.1. The molecule has 0 aromatic carbocycles. The van der Waals surface area contributed by atoms with E-state index in [0.717, 1.165) is 25.3 Å². The fourth-order valence-corrected chi connectivity index (χ4v) is 2.31. The Morgan fingerprint density at radius 1 is 1.67 bits per heavy atom. The smallest absolute Gasteiger partial charge is 0.234 e. The second-order valence-electron chi connectivity index (χ2n) is 4.81. The van der Waals surface area contributed by atoms with E-state index in [9.17, 15) is 4.79 Å². The van der Waals surface area contributed by atoms with Gasteiger partial charge >= 0.3 is 0 Å². The first-order valence-electron chi connectivity index (χ1n) is 6.41. The van der Waals surface area contributed by atoms with E-state index in [1.165, 1.54) is 0 Å². The van der Waals surface area contributed by atoms with Crippen molar-refractivity contribution in [1.29, 1.82) is 0 Å². The van der Waals surface area contributed by atoms with E-state index in [0.29, 0.717) is 12.6 Å². The number of amides is 1. The SMILES string of the molecule is CNC1CCN(CC(=O)NC(C)c2ccco2)C1. The molecule has 1 saturated heterocycles. The minimum absolute atomic E-state index is 0.0515. The number of nitrogens with zero attached hydrogens (tertiary/aromatic N) is 1. The molecule has 0 saturated carbocycles. The standard InChI is InChI=1S/C13H21N3O2/c1-10(12-4-3-7-18-12)15-13(17)9-16-6-5-11(8-16)14-2/h3-4,7,10-11,14H,5-6,8-9H2,1-2H3,(H,15,17). The topological polar surface area (TPSA) is 57.5 Å². The van der Waals surface area contributed by atoms with Crippen LogP contribution in [0, 0.1) is 0 Å². The Morgan fingerprint density at radius 2 is 2.50 bits per heavy atom. The molecule has 1 aliphatic heterocycles. The van der Waals surface area contributed by atoms with E-state index < -0.39 is 0 Å². The molecule has 1 fully saturated rings. The van der Waals surface area contributed by atoms with Gasteiger partial charge in [-0.25, -0.2) is 0 Å². The van der Waals surface area contributed by atoms with Gasteiger partial charge in [-0.2, -0.15) is 0 Å². The van der Waals surface area contributed by atoms with Crippen molar-refractivity contribution in [2.75, 3.05) is 26.7 Å². The molecule has 2 rings (SSSR count). The Morgan fingerprint density at radius 3 is 3.11 bits per heavy atom. The third-order valence-electron chi connectivity index (χ3n) is 3.40. The molecule has 2 heterocycles. The molecule has 0 spiro atoms. The number of furan rings is 1. The molecule has 1 amide bonds. The molecule has 100 valence electrons.